The molecule has 2 atom stereocenters. The predicted octanol–water partition coefficient (Wildman–Crippen LogP) is 3.92. The molecule has 5 nitrogen and oxygen atoms in total. The van der Waals surface area contributed by atoms with Gasteiger partial charge < -0.3 is 14.4 Å². The van der Waals surface area contributed by atoms with Gasteiger partial charge in [-0.05, 0) is 36.4 Å². The average Bonchev–Trinajstić information content (AvgIpc) is 3.49. The van der Waals surface area contributed by atoms with Crippen molar-refractivity contribution in [1.29, 1.82) is 0 Å². The number of thiophene rings is 1. The van der Waals surface area contributed by atoms with Crippen LogP contribution in [-0.4, -0.2) is 42.6 Å². The van der Waals surface area contributed by atoms with E-state index in [-0.39, 0.29) is 24.6 Å². The lowest BCUT2D eigenvalue weighted by atomic mass is 9.82. The molecule has 29 heavy (non-hydrogen) atoms. The maximum absolute atomic E-state index is 14.0. The Labute approximate surface area is 173 Å². The Morgan fingerprint density at radius 1 is 1.17 bits per heavy atom. The summed E-state index contributed by atoms with van der Waals surface area (Å²) in [5.41, 5.74) is -0.590. The second kappa shape index (κ2) is 8.14. The highest BCUT2D eigenvalue weighted by molar-refractivity contribution is 7.10. The number of carbonyl (C=O) groups is 2. The minimum Gasteiger partial charge on any atom is -0.485 e. The summed E-state index contributed by atoms with van der Waals surface area (Å²) in [6, 6.07) is 9.41. The largest absolute Gasteiger partial charge is 0.485 e. The summed E-state index contributed by atoms with van der Waals surface area (Å²) in [4.78, 5) is 28.9. The molecule has 0 bridgehead atoms. The van der Waals surface area contributed by atoms with Gasteiger partial charge in [-0.25, -0.2) is 9.18 Å². The number of hydrogen-bond donors (Lipinski definition) is 0. The summed E-state index contributed by atoms with van der Waals surface area (Å²) < 4.78 is 24.8. The van der Waals surface area contributed by atoms with Crippen molar-refractivity contribution in [2.45, 2.75) is 49.7 Å². The minimum absolute atomic E-state index is 0.0486. The second-order valence-electron chi connectivity index (χ2n) is 7.67. The number of esters is 1. The average molecular weight is 418 g/mol. The quantitative estimate of drug-likeness (QED) is 0.692. The Morgan fingerprint density at radius 3 is 2.59 bits per heavy atom. The molecule has 2 aliphatic rings. The van der Waals surface area contributed by atoms with Crippen molar-refractivity contribution < 1.29 is 23.5 Å². The van der Waals surface area contributed by atoms with E-state index in [1.807, 2.05) is 17.5 Å². The van der Waals surface area contributed by atoms with Gasteiger partial charge in [-0.2, -0.15) is 0 Å². The third kappa shape index (κ3) is 3.64. The van der Waals surface area contributed by atoms with Gasteiger partial charge in [0.05, 0.1) is 19.1 Å². The van der Waals surface area contributed by atoms with Crippen molar-refractivity contribution >= 4 is 23.2 Å². The maximum Gasteiger partial charge on any atom is 0.328 e. The van der Waals surface area contributed by atoms with E-state index in [9.17, 15) is 14.0 Å². The Kier molecular flexibility index (Phi) is 5.58. The number of carbonyl (C=O) groups excluding carboxylic acids is 2. The molecule has 0 spiro atoms. The molecular formula is C22H24FNO4S. The van der Waals surface area contributed by atoms with Crippen LogP contribution in [0.15, 0.2) is 41.8 Å². The molecule has 7 heteroatoms. The highest BCUT2D eigenvalue weighted by atomic mass is 32.1. The van der Waals surface area contributed by atoms with Gasteiger partial charge in [0.25, 0.3) is 0 Å². The normalized spacial score (nSPS) is 23.2. The number of benzene rings is 1. The number of likely N-dealkylation sites (tertiary alicyclic amines) is 1. The van der Waals surface area contributed by atoms with E-state index in [2.05, 4.69) is 0 Å². The van der Waals surface area contributed by atoms with Crippen LogP contribution in [0.4, 0.5) is 4.39 Å². The predicted molar refractivity (Wildman–Crippen MR) is 107 cm³/mol. The number of halogens is 1. The first-order chi connectivity index (χ1) is 14.0. The Morgan fingerprint density at radius 2 is 1.93 bits per heavy atom. The van der Waals surface area contributed by atoms with Crippen molar-refractivity contribution in [3.8, 4) is 5.75 Å². The lowest BCUT2D eigenvalue weighted by Crippen LogP contribution is -2.50. The second-order valence-corrected chi connectivity index (χ2v) is 8.62. The fourth-order valence-electron chi connectivity index (χ4n) is 4.56. The molecule has 1 aliphatic carbocycles. The Hall–Kier alpha value is -2.41. The zero-order chi connectivity index (χ0) is 20.4. The van der Waals surface area contributed by atoms with Crippen LogP contribution in [0.1, 0.15) is 37.0 Å². The van der Waals surface area contributed by atoms with E-state index in [4.69, 9.17) is 9.47 Å². The molecule has 1 aromatic carbocycles. The molecule has 2 fully saturated rings. The van der Waals surface area contributed by atoms with Crippen LogP contribution in [0.5, 0.6) is 5.75 Å². The maximum atomic E-state index is 14.0. The van der Waals surface area contributed by atoms with Gasteiger partial charge in [-0.1, -0.05) is 31.0 Å². The highest BCUT2D eigenvalue weighted by Gasteiger charge is 2.51. The lowest BCUT2D eigenvalue weighted by Gasteiger charge is -2.33. The van der Waals surface area contributed by atoms with Gasteiger partial charge in [0.1, 0.15) is 12.1 Å². The third-order valence-electron chi connectivity index (χ3n) is 5.99. The van der Waals surface area contributed by atoms with Gasteiger partial charge in [0.15, 0.2) is 11.6 Å². The number of nitrogens with zero attached hydrogens (tertiary/aromatic N) is 1. The van der Waals surface area contributed by atoms with Crippen LogP contribution in [0.3, 0.4) is 0 Å². The van der Waals surface area contributed by atoms with Crippen molar-refractivity contribution in [2.24, 2.45) is 0 Å². The topological polar surface area (TPSA) is 55.8 Å². The Balaban J connectivity index is 1.61. The van der Waals surface area contributed by atoms with E-state index in [0.29, 0.717) is 0 Å². The molecule has 1 saturated carbocycles. The first kappa shape index (κ1) is 19.9. The number of amides is 1. The third-order valence-corrected chi connectivity index (χ3v) is 7.06. The van der Waals surface area contributed by atoms with Gasteiger partial charge in [0, 0.05) is 11.3 Å². The van der Waals surface area contributed by atoms with Crippen molar-refractivity contribution in [1.82, 2.24) is 4.90 Å². The van der Waals surface area contributed by atoms with Crippen LogP contribution < -0.4 is 4.74 Å². The van der Waals surface area contributed by atoms with E-state index < -0.39 is 29.3 Å². The molecule has 1 aromatic heterocycles. The van der Waals surface area contributed by atoms with Crippen LogP contribution in [0, 0.1) is 5.82 Å². The molecule has 0 N–H and O–H groups in total. The number of methoxy groups -OCH3 is 1. The molecule has 0 unspecified atom stereocenters. The van der Waals surface area contributed by atoms with E-state index >= 15 is 0 Å². The summed E-state index contributed by atoms with van der Waals surface area (Å²) in [6.07, 6.45) is 3.32. The van der Waals surface area contributed by atoms with Crippen LogP contribution in [0.25, 0.3) is 0 Å². The zero-order valence-electron chi connectivity index (χ0n) is 16.3. The minimum atomic E-state index is -0.721. The van der Waals surface area contributed by atoms with Crippen LogP contribution >= 0.6 is 11.3 Å². The first-order valence-electron chi connectivity index (χ1n) is 9.89. The molecule has 4 rings (SSSR count). The van der Waals surface area contributed by atoms with E-state index in [1.165, 1.54) is 13.2 Å². The molecule has 0 radical (unpaired) electrons. The summed E-state index contributed by atoms with van der Waals surface area (Å²) in [6.45, 7) is 0.236. The monoisotopic (exact) mass is 417 g/mol. The lowest BCUT2D eigenvalue weighted by molar-refractivity contribution is -0.153. The van der Waals surface area contributed by atoms with Crippen molar-refractivity contribution in [2.75, 3.05) is 13.7 Å². The molecule has 2 heterocycles. The van der Waals surface area contributed by atoms with E-state index in [0.717, 1.165) is 30.6 Å². The number of rotatable bonds is 5. The summed E-state index contributed by atoms with van der Waals surface area (Å²) in [5, 5.41) is 1.98. The summed E-state index contributed by atoms with van der Waals surface area (Å²) in [5.74, 6) is -0.841. The molecule has 1 amide bonds. The van der Waals surface area contributed by atoms with Gasteiger partial charge >= 0.3 is 5.97 Å². The highest BCUT2D eigenvalue weighted by Crippen LogP contribution is 2.45. The molecular weight excluding hydrogens is 393 g/mol. The molecule has 2 aromatic rings. The SMILES string of the molecule is COC(=O)[C@H]1C[C@H](Oc2ccccc2F)CN1C(=O)C1(c2cccs2)CCCC1. The Bertz CT molecular complexity index is 879. The number of para-hydroxylation sites is 1. The summed E-state index contributed by atoms with van der Waals surface area (Å²) >= 11 is 1.58. The van der Waals surface area contributed by atoms with Crippen LogP contribution in [-0.2, 0) is 19.7 Å². The fraction of sp³-hybridized carbons (Fsp3) is 0.455. The van der Waals surface area contributed by atoms with Gasteiger partial charge in [-0.15, -0.1) is 11.3 Å². The zero-order valence-corrected chi connectivity index (χ0v) is 17.1. The van der Waals surface area contributed by atoms with Gasteiger partial charge in [0.2, 0.25) is 5.91 Å². The number of hydrogen-bond acceptors (Lipinski definition) is 5. The van der Waals surface area contributed by atoms with Crippen molar-refractivity contribution in [3.05, 3.63) is 52.5 Å². The smallest absolute Gasteiger partial charge is 0.328 e. The summed E-state index contributed by atoms with van der Waals surface area (Å²) in [7, 11) is 1.32. The van der Waals surface area contributed by atoms with Gasteiger partial charge in [-0.3, -0.25) is 4.79 Å². The first-order valence-corrected chi connectivity index (χ1v) is 10.8. The fourth-order valence-corrected chi connectivity index (χ4v) is 5.53. The molecule has 1 saturated heterocycles. The van der Waals surface area contributed by atoms with Crippen molar-refractivity contribution in [3.63, 3.8) is 0 Å². The van der Waals surface area contributed by atoms with Crippen LogP contribution in [0.2, 0.25) is 0 Å². The van der Waals surface area contributed by atoms with E-state index in [1.54, 1.807) is 34.4 Å². The number of ether oxygens (including phenoxy) is 2. The molecule has 154 valence electrons. The molecule has 1 aliphatic heterocycles. The standard InChI is InChI=1S/C22H24FNO4S/c1-27-20(25)17-13-15(28-18-8-3-2-7-16(18)23)14-24(17)21(26)22(10-4-5-11-22)19-9-6-12-29-19/h2-3,6-9,12,15,17H,4-5,10-11,13-14H2,1H3/t15-,17+/m0/s1.